The maximum Gasteiger partial charge on any atom is 0.114 e. The first-order chi connectivity index (χ1) is 6.21. The number of piperidine rings is 1. The van der Waals surface area contributed by atoms with E-state index >= 15 is 0 Å². The first kappa shape index (κ1) is 9.12. The molecule has 2 heterocycles. The van der Waals surface area contributed by atoms with Gasteiger partial charge in [0.05, 0.1) is 5.54 Å². The molecular weight excluding hydrogens is 182 g/mol. The number of rotatable bonds is 1. The fourth-order valence-corrected chi connectivity index (χ4v) is 2.72. The van der Waals surface area contributed by atoms with Crippen LogP contribution in [-0.2, 0) is 5.54 Å². The minimum atomic E-state index is -0.193. The van der Waals surface area contributed by atoms with E-state index in [2.05, 4.69) is 16.9 Å². The smallest absolute Gasteiger partial charge is 0.114 e. The van der Waals surface area contributed by atoms with Gasteiger partial charge in [0.15, 0.2) is 0 Å². The van der Waals surface area contributed by atoms with Crippen molar-refractivity contribution in [3.05, 3.63) is 16.6 Å². The van der Waals surface area contributed by atoms with E-state index in [4.69, 9.17) is 5.73 Å². The molecule has 3 nitrogen and oxygen atoms in total. The molecule has 0 spiro atoms. The normalized spacial score (nSPS) is 30.6. The van der Waals surface area contributed by atoms with Crippen LogP contribution in [0.15, 0.2) is 11.6 Å². The Balaban J connectivity index is 2.20. The Morgan fingerprint density at radius 3 is 3.15 bits per heavy atom. The van der Waals surface area contributed by atoms with Crippen LogP contribution >= 0.6 is 11.3 Å². The summed E-state index contributed by atoms with van der Waals surface area (Å²) in [5.41, 5.74) is 6.13. The molecule has 1 aromatic heterocycles. The Hall–Kier alpha value is -0.450. The molecule has 1 aliphatic rings. The highest BCUT2D eigenvalue weighted by Crippen LogP contribution is 2.29. The largest absolute Gasteiger partial charge is 0.318 e. The van der Waals surface area contributed by atoms with E-state index in [1.807, 2.05) is 11.6 Å². The SMILES string of the molecule is CN1CCCC(N)(c2nccs2)C1. The second-order valence-electron chi connectivity index (χ2n) is 3.83. The minimum Gasteiger partial charge on any atom is -0.318 e. The molecule has 1 fully saturated rings. The van der Waals surface area contributed by atoms with Gasteiger partial charge in [0.25, 0.3) is 0 Å². The van der Waals surface area contributed by atoms with Gasteiger partial charge in [-0.05, 0) is 26.4 Å². The first-order valence-corrected chi connectivity index (χ1v) is 5.46. The molecule has 1 atom stereocenters. The van der Waals surface area contributed by atoms with Gasteiger partial charge in [0.1, 0.15) is 5.01 Å². The van der Waals surface area contributed by atoms with Crippen LogP contribution in [0.25, 0.3) is 0 Å². The Bertz CT molecular complexity index is 272. The lowest BCUT2D eigenvalue weighted by atomic mass is 9.91. The van der Waals surface area contributed by atoms with Crippen LogP contribution in [0.1, 0.15) is 17.8 Å². The Morgan fingerprint density at radius 1 is 1.69 bits per heavy atom. The Labute approximate surface area is 82.6 Å². The zero-order valence-corrected chi connectivity index (χ0v) is 8.68. The van der Waals surface area contributed by atoms with Crippen LogP contribution in [0.5, 0.6) is 0 Å². The van der Waals surface area contributed by atoms with Gasteiger partial charge in [0, 0.05) is 18.1 Å². The molecule has 0 aliphatic carbocycles. The average molecular weight is 197 g/mol. The van der Waals surface area contributed by atoms with Gasteiger partial charge in [-0.2, -0.15) is 0 Å². The predicted molar refractivity (Wildman–Crippen MR) is 54.7 cm³/mol. The quantitative estimate of drug-likeness (QED) is 0.731. The molecule has 4 heteroatoms. The molecule has 2 rings (SSSR count). The maximum atomic E-state index is 6.32. The third-order valence-electron chi connectivity index (χ3n) is 2.57. The standard InChI is InChI=1S/C9H15N3S/c1-12-5-2-3-9(10,7-12)8-11-4-6-13-8/h4,6H,2-3,5,7,10H2,1H3. The van der Waals surface area contributed by atoms with Crippen molar-refractivity contribution in [3.63, 3.8) is 0 Å². The lowest BCUT2D eigenvalue weighted by Crippen LogP contribution is -2.50. The number of aromatic nitrogens is 1. The summed E-state index contributed by atoms with van der Waals surface area (Å²) in [7, 11) is 2.12. The second-order valence-corrected chi connectivity index (χ2v) is 4.73. The predicted octanol–water partition coefficient (Wildman–Crippen LogP) is 1.02. The van der Waals surface area contributed by atoms with Gasteiger partial charge in [0.2, 0.25) is 0 Å². The van der Waals surface area contributed by atoms with Crippen molar-refractivity contribution in [2.75, 3.05) is 20.1 Å². The molecule has 0 bridgehead atoms. The average Bonchev–Trinajstić information content (AvgIpc) is 2.55. The van der Waals surface area contributed by atoms with Crippen LogP contribution in [0.4, 0.5) is 0 Å². The van der Waals surface area contributed by atoms with E-state index < -0.39 is 0 Å². The van der Waals surface area contributed by atoms with Crippen molar-refractivity contribution in [2.24, 2.45) is 5.73 Å². The summed E-state index contributed by atoms with van der Waals surface area (Å²) in [6.45, 7) is 2.09. The summed E-state index contributed by atoms with van der Waals surface area (Å²) in [6, 6.07) is 0. The van der Waals surface area contributed by atoms with E-state index in [9.17, 15) is 0 Å². The fourth-order valence-electron chi connectivity index (χ4n) is 1.95. The van der Waals surface area contributed by atoms with Gasteiger partial charge in [-0.15, -0.1) is 11.3 Å². The van der Waals surface area contributed by atoms with E-state index in [-0.39, 0.29) is 5.54 Å². The van der Waals surface area contributed by atoms with Gasteiger partial charge in [-0.25, -0.2) is 4.98 Å². The summed E-state index contributed by atoms with van der Waals surface area (Å²) in [5, 5.41) is 3.08. The summed E-state index contributed by atoms with van der Waals surface area (Å²) in [4.78, 5) is 6.60. The van der Waals surface area contributed by atoms with Crippen LogP contribution < -0.4 is 5.73 Å². The fraction of sp³-hybridized carbons (Fsp3) is 0.667. The van der Waals surface area contributed by atoms with E-state index in [0.29, 0.717) is 0 Å². The summed E-state index contributed by atoms with van der Waals surface area (Å²) >= 11 is 1.67. The zero-order chi connectivity index (χ0) is 9.31. The lowest BCUT2D eigenvalue weighted by Gasteiger charge is -2.36. The minimum absolute atomic E-state index is 0.193. The highest BCUT2D eigenvalue weighted by atomic mass is 32.1. The highest BCUT2D eigenvalue weighted by Gasteiger charge is 2.33. The topological polar surface area (TPSA) is 42.1 Å². The molecule has 2 N–H and O–H groups in total. The number of likely N-dealkylation sites (tertiary alicyclic amines) is 1. The Morgan fingerprint density at radius 2 is 2.54 bits per heavy atom. The third kappa shape index (κ3) is 1.75. The Kier molecular flexibility index (Phi) is 2.36. The number of hydrogen-bond donors (Lipinski definition) is 1. The zero-order valence-electron chi connectivity index (χ0n) is 7.86. The van der Waals surface area contributed by atoms with E-state index in [0.717, 1.165) is 24.5 Å². The molecule has 72 valence electrons. The van der Waals surface area contributed by atoms with Crippen molar-refractivity contribution in [1.29, 1.82) is 0 Å². The van der Waals surface area contributed by atoms with Gasteiger partial charge < -0.3 is 10.6 Å². The first-order valence-electron chi connectivity index (χ1n) is 4.58. The molecule has 0 aromatic carbocycles. The van der Waals surface area contributed by atoms with Gasteiger partial charge >= 0.3 is 0 Å². The number of hydrogen-bond acceptors (Lipinski definition) is 4. The number of nitrogens with two attached hydrogens (primary N) is 1. The summed E-state index contributed by atoms with van der Waals surface area (Å²) < 4.78 is 0. The van der Waals surface area contributed by atoms with E-state index in [1.54, 1.807) is 11.3 Å². The van der Waals surface area contributed by atoms with Crippen LogP contribution in [-0.4, -0.2) is 30.0 Å². The molecule has 0 amide bonds. The summed E-state index contributed by atoms with van der Waals surface area (Å²) in [6.07, 6.45) is 4.07. The molecule has 1 saturated heterocycles. The van der Waals surface area contributed by atoms with Crippen LogP contribution in [0.3, 0.4) is 0 Å². The monoisotopic (exact) mass is 197 g/mol. The lowest BCUT2D eigenvalue weighted by molar-refractivity contribution is 0.179. The van der Waals surface area contributed by atoms with Crippen molar-refractivity contribution in [3.8, 4) is 0 Å². The molecule has 1 aliphatic heterocycles. The molecule has 1 unspecified atom stereocenters. The van der Waals surface area contributed by atoms with Crippen molar-refractivity contribution in [2.45, 2.75) is 18.4 Å². The third-order valence-corrected chi connectivity index (χ3v) is 3.57. The highest BCUT2D eigenvalue weighted by molar-refractivity contribution is 7.09. The van der Waals surface area contributed by atoms with Crippen LogP contribution in [0.2, 0.25) is 0 Å². The van der Waals surface area contributed by atoms with Crippen molar-refractivity contribution >= 4 is 11.3 Å². The number of thiazole rings is 1. The van der Waals surface area contributed by atoms with Crippen LogP contribution in [0, 0.1) is 0 Å². The van der Waals surface area contributed by atoms with Crippen molar-refractivity contribution < 1.29 is 0 Å². The van der Waals surface area contributed by atoms with Crippen molar-refractivity contribution in [1.82, 2.24) is 9.88 Å². The second kappa shape index (κ2) is 3.36. The molecule has 0 radical (unpaired) electrons. The summed E-state index contributed by atoms with van der Waals surface area (Å²) in [5.74, 6) is 0. The molecule has 13 heavy (non-hydrogen) atoms. The van der Waals surface area contributed by atoms with E-state index in [1.165, 1.54) is 6.42 Å². The number of likely N-dealkylation sites (N-methyl/N-ethyl adjacent to an activating group) is 1. The van der Waals surface area contributed by atoms with Gasteiger partial charge in [-0.3, -0.25) is 0 Å². The molecular formula is C9H15N3S. The number of nitrogens with zero attached hydrogens (tertiary/aromatic N) is 2. The molecule has 1 aromatic rings. The van der Waals surface area contributed by atoms with Gasteiger partial charge in [-0.1, -0.05) is 0 Å². The molecule has 0 saturated carbocycles. The maximum absolute atomic E-state index is 6.32.